The first-order chi connectivity index (χ1) is 31.5. The molecule has 15 heteroatoms. The first kappa shape index (κ1) is 46.2. The van der Waals surface area contributed by atoms with E-state index >= 15 is 0 Å². The Balaban J connectivity index is 1.04. The van der Waals surface area contributed by atoms with Gasteiger partial charge in [0.15, 0.2) is 0 Å². The van der Waals surface area contributed by atoms with Crippen molar-refractivity contribution < 1.29 is 29.0 Å². The van der Waals surface area contributed by atoms with Gasteiger partial charge in [-0.25, -0.2) is 19.6 Å². The number of rotatable bonds is 12. The molecule has 5 aromatic rings. The predicted molar refractivity (Wildman–Crippen MR) is 254 cm³/mol. The number of aromatic amines is 2. The second kappa shape index (κ2) is 18.8. The van der Waals surface area contributed by atoms with Crippen molar-refractivity contribution in [1.29, 1.82) is 0 Å². The average Bonchev–Trinajstić information content (AvgIpc) is 4.15. The number of hydrogen-bond donors (Lipinski definition) is 5. The van der Waals surface area contributed by atoms with E-state index in [-0.39, 0.29) is 53.2 Å². The van der Waals surface area contributed by atoms with Crippen molar-refractivity contribution in [3.8, 4) is 11.3 Å². The summed E-state index contributed by atoms with van der Waals surface area (Å²) in [6, 6.07) is 22.3. The summed E-state index contributed by atoms with van der Waals surface area (Å²) in [5.41, 5.74) is 8.43. The summed E-state index contributed by atoms with van der Waals surface area (Å²) in [7, 11) is 1.30. The van der Waals surface area contributed by atoms with E-state index in [9.17, 15) is 24.3 Å². The van der Waals surface area contributed by atoms with Crippen molar-refractivity contribution in [1.82, 2.24) is 40.4 Å². The lowest BCUT2D eigenvalue weighted by Crippen LogP contribution is -2.51. The van der Waals surface area contributed by atoms with Gasteiger partial charge in [-0.15, -0.1) is 0 Å². The average molecular weight is 900 g/mol. The van der Waals surface area contributed by atoms with Crippen LogP contribution in [0.1, 0.15) is 139 Å². The lowest BCUT2D eigenvalue weighted by molar-refractivity contribution is -0.136. The maximum atomic E-state index is 13.9. The molecule has 3 aliphatic heterocycles. The number of benzene rings is 3. The van der Waals surface area contributed by atoms with Crippen LogP contribution in [0.4, 0.5) is 15.3 Å². The number of amides is 4. The van der Waals surface area contributed by atoms with Gasteiger partial charge in [-0.3, -0.25) is 9.59 Å². The molecule has 0 aliphatic carbocycles. The Morgan fingerprint density at radius 3 is 1.88 bits per heavy atom. The van der Waals surface area contributed by atoms with E-state index < -0.39 is 24.3 Å². The summed E-state index contributed by atoms with van der Waals surface area (Å²) in [6.07, 6.45) is 5.04. The highest BCUT2D eigenvalue weighted by molar-refractivity contribution is 5.87. The van der Waals surface area contributed by atoms with E-state index in [4.69, 9.17) is 14.7 Å². The minimum Gasteiger partial charge on any atom is -0.465 e. The molecule has 3 aromatic carbocycles. The molecule has 3 saturated heterocycles. The molecule has 0 bridgehead atoms. The molecule has 2 aromatic heterocycles. The summed E-state index contributed by atoms with van der Waals surface area (Å²) in [5, 5.41) is 14.6. The summed E-state index contributed by atoms with van der Waals surface area (Å²) in [4.78, 5) is 74.1. The van der Waals surface area contributed by atoms with Crippen LogP contribution >= 0.6 is 0 Å². The highest BCUT2D eigenvalue weighted by Crippen LogP contribution is 2.48. The van der Waals surface area contributed by atoms with Gasteiger partial charge >= 0.3 is 12.2 Å². The van der Waals surface area contributed by atoms with Crippen molar-refractivity contribution in [2.75, 3.05) is 25.1 Å². The lowest BCUT2D eigenvalue weighted by Gasteiger charge is -2.34. The van der Waals surface area contributed by atoms with Crippen LogP contribution < -0.4 is 15.5 Å². The van der Waals surface area contributed by atoms with Gasteiger partial charge in [0.1, 0.15) is 23.7 Å². The molecule has 0 unspecified atom stereocenters. The summed E-state index contributed by atoms with van der Waals surface area (Å²) in [6.45, 7) is 15.4. The Morgan fingerprint density at radius 2 is 1.30 bits per heavy atom. The number of H-pyrrole nitrogens is 2. The van der Waals surface area contributed by atoms with Gasteiger partial charge in [0.05, 0.1) is 54.2 Å². The number of likely N-dealkylation sites (tertiary alicyclic amines) is 2. The number of methoxy groups -OCH3 is 1. The van der Waals surface area contributed by atoms with E-state index in [1.54, 1.807) is 4.90 Å². The summed E-state index contributed by atoms with van der Waals surface area (Å²) in [5.74, 6) is 0.771. The fourth-order valence-electron chi connectivity index (χ4n) is 10.2. The minimum absolute atomic E-state index is 0.0147. The number of imidazole rings is 2. The second-order valence-electron chi connectivity index (χ2n) is 19.9. The number of nitrogens with one attached hydrogen (secondary N) is 4. The third-order valence-electron chi connectivity index (χ3n) is 13.8. The van der Waals surface area contributed by atoms with E-state index in [1.165, 1.54) is 23.8 Å². The van der Waals surface area contributed by atoms with Crippen molar-refractivity contribution in [3.63, 3.8) is 0 Å². The molecule has 0 spiro atoms. The first-order valence-electron chi connectivity index (χ1n) is 23.5. The number of fused-ring (bicyclic) bond motifs is 1. The third kappa shape index (κ3) is 9.34. The molecule has 4 amide bonds. The Labute approximate surface area is 387 Å². The molecule has 8 rings (SSSR count). The van der Waals surface area contributed by atoms with Gasteiger partial charge in [0.2, 0.25) is 11.8 Å². The van der Waals surface area contributed by atoms with Crippen molar-refractivity contribution in [2.45, 2.75) is 129 Å². The fourth-order valence-corrected chi connectivity index (χ4v) is 10.2. The van der Waals surface area contributed by atoms with Crippen LogP contribution in [-0.4, -0.2) is 91.1 Å². The number of carboxylic acid groups (broad SMARTS) is 1. The fraction of sp³-hybridized carbons (Fsp3) is 0.490. The number of carbonyl (C=O) groups is 4. The first-order valence-corrected chi connectivity index (χ1v) is 23.5. The van der Waals surface area contributed by atoms with Crippen molar-refractivity contribution >= 4 is 40.7 Å². The Hall–Kier alpha value is -6.38. The number of aromatic nitrogens is 4. The van der Waals surface area contributed by atoms with Crippen LogP contribution in [-0.2, 0) is 19.7 Å². The molecule has 6 atom stereocenters. The highest BCUT2D eigenvalue weighted by Gasteiger charge is 2.40. The smallest absolute Gasteiger partial charge is 0.407 e. The Bertz CT molecular complexity index is 2540. The van der Waals surface area contributed by atoms with E-state index in [0.717, 1.165) is 72.3 Å². The van der Waals surface area contributed by atoms with Crippen molar-refractivity contribution in [3.05, 3.63) is 101 Å². The van der Waals surface area contributed by atoms with E-state index in [1.807, 2.05) is 38.8 Å². The van der Waals surface area contributed by atoms with Crippen LogP contribution in [0.3, 0.4) is 0 Å². The zero-order chi connectivity index (χ0) is 47.0. The highest BCUT2D eigenvalue weighted by atomic mass is 16.5. The topological polar surface area (TPSA) is 189 Å². The van der Waals surface area contributed by atoms with Crippen LogP contribution in [0, 0.1) is 11.8 Å². The Kier molecular flexibility index (Phi) is 13.2. The standard InChI is InChI=1S/C51H65N9O6/c1-29(2)43(56-49(63)64)47(61)58-25-9-11-41(58)45-52-28-38(55-45)31-13-15-32(16-14-31)39-23-24-40(60(39)35-20-18-34(19-21-35)51(5,6)7)33-17-22-36-37(27-33)54-46(53-36)42-12-10-26-59(42)48(62)44(30(3)4)57-50(65)66-8/h13-22,27-30,39-44,56H,9-12,23-26H2,1-8H3,(H,52,55)(H,53,54)(H,57,65)(H,63,64)/t39-,40+,41+,42+,43+,44+/m1/s1. The largest absolute Gasteiger partial charge is 0.465 e. The summed E-state index contributed by atoms with van der Waals surface area (Å²) >= 11 is 0. The molecule has 66 heavy (non-hydrogen) atoms. The lowest BCUT2D eigenvalue weighted by atomic mass is 9.87. The molecule has 350 valence electrons. The molecule has 5 N–H and O–H groups in total. The van der Waals surface area contributed by atoms with Gasteiger partial charge in [-0.05, 0) is 102 Å². The number of nitrogens with zero attached hydrogens (tertiary/aromatic N) is 5. The number of anilines is 1. The Morgan fingerprint density at radius 1 is 0.727 bits per heavy atom. The van der Waals surface area contributed by atoms with Gasteiger partial charge in [-0.2, -0.15) is 0 Å². The van der Waals surface area contributed by atoms with E-state index in [2.05, 4.69) is 113 Å². The molecular formula is C51H65N9O6. The number of alkyl carbamates (subject to hydrolysis) is 1. The predicted octanol–water partition coefficient (Wildman–Crippen LogP) is 9.33. The molecule has 0 saturated carbocycles. The molecular weight excluding hydrogens is 835 g/mol. The zero-order valence-corrected chi connectivity index (χ0v) is 39.4. The molecule has 15 nitrogen and oxygen atoms in total. The quantitative estimate of drug-likeness (QED) is 0.0813. The molecule has 3 fully saturated rings. The van der Waals surface area contributed by atoms with Crippen molar-refractivity contribution in [2.24, 2.45) is 11.8 Å². The normalized spacial score (nSPS) is 20.9. The monoisotopic (exact) mass is 900 g/mol. The number of hydrogen-bond acceptors (Lipinski definition) is 8. The van der Waals surface area contributed by atoms with Crippen LogP contribution in [0.25, 0.3) is 22.3 Å². The molecule has 0 radical (unpaired) electrons. The number of carbonyl (C=O) groups excluding carboxylic acids is 3. The maximum absolute atomic E-state index is 13.9. The van der Waals surface area contributed by atoms with Crippen LogP contribution in [0.15, 0.2) is 72.9 Å². The van der Waals surface area contributed by atoms with Gasteiger partial charge in [0, 0.05) is 18.8 Å². The summed E-state index contributed by atoms with van der Waals surface area (Å²) < 4.78 is 4.83. The van der Waals surface area contributed by atoms with Gasteiger partial charge < -0.3 is 45.1 Å². The van der Waals surface area contributed by atoms with Crippen LogP contribution in [0.2, 0.25) is 0 Å². The van der Waals surface area contributed by atoms with Gasteiger partial charge in [0.25, 0.3) is 0 Å². The SMILES string of the molecule is COC(=O)N[C@H](C(=O)N1CCC[C@H]1c1nc2ccc([C@@H]3CC[C@H](c4ccc(-c5cnc([C@@H]6CCCN6C(=O)[C@@H](NC(=O)O)C(C)C)[nH]5)cc4)N3c3ccc(C(C)(C)C)cc3)cc2[nH]1)C(C)C. The number of ether oxygens (including phenoxy) is 1. The molecule has 5 heterocycles. The zero-order valence-electron chi connectivity index (χ0n) is 39.4. The van der Waals surface area contributed by atoms with Crippen LogP contribution in [0.5, 0.6) is 0 Å². The second-order valence-corrected chi connectivity index (χ2v) is 19.9. The third-order valence-corrected chi connectivity index (χ3v) is 13.8. The molecule has 3 aliphatic rings. The van der Waals surface area contributed by atoms with E-state index in [0.29, 0.717) is 18.9 Å². The maximum Gasteiger partial charge on any atom is 0.407 e. The van der Waals surface area contributed by atoms with Gasteiger partial charge in [-0.1, -0.05) is 90.9 Å². The minimum atomic E-state index is -1.21.